The minimum Gasteiger partial charge on any atom is -0.299 e. The van der Waals surface area contributed by atoms with E-state index in [2.05, 4.69) is 0 Å². The molecule has 0 rings (SSSR count). The largest absolute Gasteiger partial charge is 0.299 e. The number of allylic oxidation sites excluding steroid dienone is 2. The summed E-state index contributed by atoms with van der Waals surface area (Å²) in [4.78, 5) is 18.6. The first kappa shape index (κ1) is 15.7. The summed E-state index contributed by atoms with van der Waals surface area (Å²) in [6, 6.07) is 0. The second-order valence-corrected chi connectivity index (χ2v) is 0.657. The fraction of sp³-hybridized carbons (Fsp3) is 0.429. The molecule has 0 radical (unpaired) electrons. The van der Waals surface area contributed by atoms with E-state index >= 15 is 0 Å². The van der Waals surface area contributed by atoms with Gasteiger partial charge in [-0.25, -0.2) is 0 Å². The highest BCUT2D eigenvalue weighted by atomic mass is 16.1. The molecule has 0 aromatic heterocycles. The van der Waals surface area contributed by atoms with Crippen molar-refractivity contribution in [3.8, 4) is 0 Å². The van der Waals surface area contributed by atoms with Crippen molar-refractivity contribution in [2.45, 2.75) is 21.3 Å². The molecule has 0 fully saturated rings. The fourth-order valence-corrected chi connectivity index (χ4v) is 0.0907. The van der Waals surface area contributed by atoms with Gasteiger partial charge in [0, 0.05) is 0 Å². The molecule has 0 aliphatic carbocycles. The molecule has 0 amide bonds. The number of hydrogen-bond donors (Lipinski definition) is 0. The fourth-order valence-electron chi connectivity index (χ4n) is 0.0907. The highest BCUT2D eigenvalue weighted by molar-refractivity contribution is 5.75. The van der Waals surface area contributed by atoms with Crippen molar-refractivity contribution in [3.63, 3.8) is 0 Å². The van der Waals surface area contributed by atoms with E-state index in [1.54, 1.807) is 0 Å². The molecule has 0 saturated heterocycles. The standard InChI is InChI=1S/C4H4O2.C2H6.CH4/c5-3-1-2-4-6;1-2;/h1-4H;1-2H3;1H4/b2-1-;;. The lowest BCUT2D eigenvalue weighted by atomic mass is 10.6. The van der Waals surface area contributed by atoms with Crippen molar-refractivity contribution in [1.29, 1.82) is 0 Å². The van der Waals surface area contributed by atoms with E-state index < -0.39 is 0 Å². The number of carbonyl (C=O) groups is 2. The normalized spacial score (nSPS) is 6.44. The van der Waals surface area contributed by atoms with Crippen LogP contribution in [0.2, 0.25) is 0 Å². The van der Waals surface area contributed by atoms with E-state index in [4.69, 9.17) is 0 Å². The third-order valence-corrected chi connectivity index (χ3v) is 0.268. The van der Waals surface area contributed by atoms with Gasteiger partial charge in [-0.1, -0.05) is 21.3 Å². The lowest BCUT2D eigenvalue weighted by Gasteiger charge is -1.52. The molecule has 0 bridgehead atoms. The minimum atomic E-state index is 0. The van der Waals surface area contributed by atoms with E-state index in [1.165, 1.54) is 0 Å². The Morgan fingerprint density at radius 2 is 1.11 bits per heavy atom. The van der Waals surface area contributed by atoms with Crippen molar-refractivity contribution < 1.29 is 9.59 Å². The molecule has 0 atom stereocenters. The third-order valence-electron chi connectivity index (χ3n) is 0.268. The van der Waals surface area contributed by atoms with Gasteiger partial charge in [0.1, 0.15) is 12.6 Å². The summed E-state index contributed by atoms with van der Waals surface area (Å²) in [5, 5.41) is 0. The van der Waals surface area contributed by atoms with Crippen LogP contribution in [0.1, 0.15) is 21.3 Å². The second kappa shape index (κ2) is 27.6. The first-order chi connectivity index (χ1) is 3.91. The van der Waals surface area contributed by atoms with Gasteiger partial charge in [-0.05, 0) is 12.2 Å². The van der Waals surface area contributed by atoms with Crippen LogP contribution in [-0.4, -0.2) is 12.6 Å². The van der Waals surface area contributed by atoms with Gasteiger partial charge in [0.05, 0.1) is 0 Å². The summed E-state index contributed by atoms with van der Waals surface area (Å²) < 4.78 is 0. The smallest absolute Gasteiger partial charge is 0.142 e. The Morgan fingerprint density at radius 3 is 1.22 bits per heavy atom. The van der Waals surface area contributed by atoms with Gasteiger partial charge in [0.25, 0.3) is 0 Å². The first-order valence-corrected chi connectivity index (χ1v) is 2.47. The molecule has 0 aliphatic heterocycles. The molecular weight excluding hydrogens is 116 g/mol. The van der Waals surface area contributed by atoms with Gasteiger partial charge in [0.2, 0.25) is 0 Å². The van der Waals surface area contributed by atoms with Gasteiger partial charge < -0.3 is 0 Å². The van der Waals surface area contributed by atoms with Crippen LogP contribution in [-0.2, 0) is 9.59 Å². The minimum absolute atomic E-state index is 0. The van der Waals surface area contributed by atoms with Crippen LogP contribution in [0, 0.1) is 0 Å². The summed E-state index contributed by atoms with van der Waals surface area (Å²) in [7, 11) is 0. The Kier molecular flexibility index (Phi) is 48.1. The molecule has 0 saturated carbocycles. The van der Waals surface area contributed by atoms with Gasteiger partial charge in [-0.2, -0.15) is 0 Å². The maximum Gasteiger partial charge on any atom is 0.142 e. The Hall–Kier alpha value is -0.920. The van der Waals surface area contributed by atoms with Crippen LogP contribution in [0.4, 0.5) is 0 Å². The molecule has 0 aromatic carbocycles. The summed E-state index contributed by atoms with van der Waals surface area (Å²) in [6.07, 6.45) is 3.36. The molecule has 0 aliphatic rings. The number of hydrogen-bond acceptors (Lipinski definition) is 2. The maximum absolute atomic E-state index is 9.32. The van der Waals surface area contributed by atoms with Crippen LogP contribution in [0.3, 0.4) is 0 Å². The van der Waals surface area contributed by atoms with Crippen molar-refractivity contribution in [2.75, 3.05) is 0 Å². The van der Waals surface area contributed by atoms with E-state index in [9.17, 15) is 9.59 Å². The zero-order valence-corrected chi connectivity index (χ0v) is 5.13. The molecule has 2 nitrogen and oxygen atoms in total. The van der Waals surface area contributed by atoms with Gasteiger partial charge in [-0.3, -0.25) is 9.59 Å². The maximum atomic E-state index is 9.32. The molecular formula is C7H14O2. The van der Waals surface area contributed by atoms with Gasteiger partial charge in [0.15, 0.2) is 0 Å². The van der Waals surface area contributed by atoms with E-state index in [1.807, 2.05) is 13.8 Å². The number of rotatable bonds is 2. The predicted octanol–water partition coefficient (Wildman–Crippen LogP) is 1.60. The lowest BCUT2D eigenvalue weighted by molar-refractivity contribution is -0.106. The molecule has 0 spiro atoms. The predicted molar refractivity (Wildman–Crippen MR) is 39.3 cm³/mol. The third kappa shape index (κ3) is 42.2. The SMILES string of the molecule is C.CC.O=C/C=C\C=O. The Labute approximate surface area is 56.6 Å². The summed E-state index contributed by atoms with van der Waals surface area (Å²) in [6.45, 7) is 4.00. The highest BCUT2D eigenvalue weighted by Crippen LogP contribution is 1.53. The summed E-state index contributed by atoms with van der Waals surface area (Å²) >= 11 is 0. The molecule has 54 valence electrons. The summed E-state index contributed by atoms with van der Waals surface area (Å²) in [5.74, 6) is 0. The van der Waals surface area contributed by atoms with Crippen LogP contribution in [0.25, 0.3) is 0 Å². The van der Waals surface area contributed by atoms with Crippen molar-refractivity contribution in [3.05, 3.63) is 12.2 Å². The number of carbonyl (C=O) groups excluding carboxylic acids is 2. The van der Waals surface area contributed by atoms with E-state index in [-0.39, 0.29) is 7.43 Å². The topological polar surface area (TPSA) is 34.1 Å². The zero-order chi connectivity index (χ0) is 6.83. The van der Waals surface area contributed by atoms with Crippen LogP contribution < -0.4 is 0 Å². The number of aldehydes is 2. The molecule has 9 heavy (non-hydrogen) atoms. The Balaban J connectivity index is -0.000000109. The first-order valence-electron chi connectivity index (χ1n) is 2.47. The molecule has 0 heterocycles. The lowest BCUT2D eigenvalue weighted by Crippen LogP contribution is -1.59. The second-order valence-electron chi connectivity index (χ2n) is 0.657. The average Bonchev–Trinajstić information content (AvgIpc) is 1.88. The van der Waals surface area contributed by atoms with Crippen LogP contribution in [0.5, 0.6) is 0 Å². The monoisotopic (exact) mass is 130 g/mol. The van der Waals surface area contributed by atoms with E-state index in [0.717, 1.165) is 12.2 Å². The Bertz CT molecular complexity index is 65.0. The quantitative estimate of drug-likeness (QED) is 0.420. The van der Waals surface area contributed by atoms with Crippen molar-refractivity contribution in [1.82, 2.24) is 0 Å². The highest BCUT2D eigenvalue weighted by Gasteiger charge is 1.56. The molecule has 2 heteroatoms. The Morgan fingerprint density at radius 1 is 0.889 bits per heavy atom. The summed E-state index contributed by atoms with van der Waals surface area (Å²) in [5.41, 5.74) is 0. The van der Waals surface area contributed by atoms with E-state index in [0.29, 0.717) is 12.6 Å². The molecule has 0 unspecified atom stereocenters. The van der Waals surface area contributed by atoms with Crippen molar-refractivity contribution >= 4 is 12.6 Å². The van der Waals surface area contributed by atoms with Gasteiger partial charge >= 0.3 is 0 Å². The molecule has 0 aromatic rings. The van der Waals surface area contributed by atoms with Gasteiger partial charge in [-0.15, -0.1) is 0 Å². The zero-order valence-electron chi connectivity index (χ0n) is 5.13. The van der Waals surface area contributed by atoms with Crippen LogP contribution >= 0.6 is 0 Å². The van der Waals surface area contributed by atoms with Crippen molar-refractivity contribution in [2.24, 2.45) is 0 Å². The molecule has 0 N–H and O–H groups in total. The average molecular weight is 130 g/mol. The van der Waals surface area contributed by atoms with Crippen LogP contribution in [0.15, 0.2) is 12.2 Å².